The van der Waals surface area contributed by atoms with Gasteiger partial charge in [-0.2, -0.15) is 0 Å². The number of rotatable bonds is 0. The van der Waals surface area contributed by atoms with E-state index in [0.717, 1.165) is 24.0 Å². The summed E-state index contributed by atoms with van der Waals surface area (Å²) in [5.41, 5.74) is 1.79. The molecule has 0 aliphatic carbocycles. The van der Waals surface area contributed by atoms with E-state index in [4.69, 9.17) is 0 Å². The summed E-state index contributed by atoms with van der Waals surface area (Å²) in [4.78, 5) is 0. The van der Waals surface area contributed by atoms with Gasteiger partial charge in [-0.25, -0.2) is 8.78 Å². The molecule has 1 aliphatic rings. The minimum Gasteiger partial charge on any atom is -0.347 e. The van der Waals surface area contributed by atoms with Gasteiger partial charge >= 0.3 is 0 Å². The van der Waals surface area contributed by atoms with Crippen LogP contribution in [-0.4, -0.2) is 4.57 Å². The van der Waals surface area contributed by atoms with E-state index in [1.54, 1.807) is 6.07 Å². The van der Waals surface area contributed by atoms with Crippen molar-refractivity contribution < 1.29 is 8.78 Å². The van der Waals surface area contributed by atoms with Crippen molar-refractivity contribution in [2.75, 3.05) is 0 Å². The van der Waals surface area contributed by atoms with Crippen LogP contribution < -0.4 is 0 Å². The molecular weight excluding hydrogens is 196 g/mol. The SMILES string of the molecule is C[C@@H]1Cc2cc(F)c(F)c3ccn(c23)C1. The molecule has 0 spiro atoms. The van der Waals surface area contributed by atoms with Crippen LogP contribution in [0.5, 0.6) is 0 Å². The van der Waals surface area contributed by atoms with Gasteiger partial charge in [-0.1, -0.05) is 6.92 Å². The van der Waals surface area contributed by atoms with Gasteiger partial charge in [0, 0.05) is 18.1 Å². The lowest BCUT2D eigenvalue weighted by atomic mass is 9.96. The van der Waals surface area contributed by atoms with Crippen molar-refractivity contribution in [2.24, 2.45) is 5.92 Å². The molecule has 0 amide bonds. The number of hydrogen-bond donors (Lipinski definition) is 0. The van der Waals surface area contributed by atoms with Crippen LogP contribution in [0.15, 0.2) is 18.3 Å². The second-order valence-electron chi connectivity index (χ2n) is 4.37. The normalized spacial score (nSPS) is 19.8. The molecular formula is C12H11F2N. The fourth-order valence-electron chi connectivity index (χ4n) is 2.50. The number of nitrogens with zero attached hydrogens (tertiary/aromatic N) is 1. The van der Waals surface area contributed by atoms with Crippen LogP contribution in [0, 0.1) is 17.6 Å². The summed E-state index contributed by atoms with van der Waals surface area (Å²) >= 11 is 0. The molecule has 2 heterocycles. The Kier molecular flexibility index (Phi) is 1.67. The molecule has 15 heavy (non-hydrogen) atoms. The van der Waals surface area contributed by atoms with Gasteiger partial charge in [-0.15, -0.1) is 0 Å². The van der Waals surface area contributed by atoms with E-state index < -0.39 is 11.6 Å². The maximum absolute atomic E-state index is 13.5. The highest BCUT2D eigenvalue weighted by Gasteiger charge is 2.21. The molecule has 0 N–H and O–H groups in total. The van der Waals surface area contributed by atoms with E-state index in [0.29, 0.717) is 11.3 Å². The van der Waals surface area contributed by atoms with Crippen LogP contribution in [0.25, 0.3) is 10.9 Å². The Hall–Kier alpha value is -1.38. The molecule has 3 rings (SSSR count). The second-order valence-corrected chi connectivity index (χ2v) is 4.37. The lowest BCUT2D eigenvalue weighted by Crippen LogP contribution is -2.16. The average Bonchev–Trinajstić information content (AvgIpc) is 2.58. The Labute approximate surface area is 86.3 Å². The molecule has 0 radical (unpaired) electrons. The first-order valence-corrected chi connectivity index (χ1v) is 5.12. The molecule has 1 aromatic carbocycles. The summed E-state index contributed by atoms with van der Waals surface area (Å²) in [6.07, 6.45) is 2.67. The number of halogens is 2. The molecule has 0 fully saturated rings. The average molecular weight is 207 g/mol. The summed E-state index contributed by atoms with van der Waals surface area (Å²) in [6.45, 7) is 3.01. The van der Waals surface area contributed by atoms with Crippen molar-refractivity contribution in [3.8, 4) is 0 Å². The smallest absolute Gasteiger partial charge is 0.168 e. The van der Waals surface area contributed by atoms with Gasteiger partial charge in [-0.3, -0.25) is 0 Å². The van der Waals surface area contributed by atoms with E-state index in [1.807, 2.05) is 10.8 Å². The van der Waals surface area contributed by atoms with Gasteiger partial charge in [0.25, 0.3) is 0 Å². The lowest BCUT2D eigenvalue weighted by Gasteiger charge is -2.21. The van der Waals surface area contributed by atoms with E-state index in [1.165, 1.54) is 6.07 Å². The fraction of sp³-hybridized carbons (Fsp3) is 0.333. The van der Waals surface area contributed by atoms with E-state index in [-0.39, 0.29) is 0 Å². The Morgan fingerprint density at radius 1 is 1.40 bits per heavy atom. The van der Waals surface area contributed by atoms with Crippen molar-refractivity contribution in [3.05, 3.63) is 35.5 Å². The summed E-state index contributed by atoms with van der Waals surface area (Å²) in [5.74, 6) is -0.968. The number of aromatic nitrogens is 1. The molecule has 2 aromatic rings. The number of benzene rings is 1. The van der Waals surface area contributed by atoms with Crippen LogP contribution in [-0.2, 0) is 13.0 Å². The highest BCUT2D eigenvalue weighted by molar-refractivity contribution is 5.84. The van der Waals surface area contributed by atoms with Crippen LogP contribution in [0.4, 0.5) is 8.78 Å². The van der Waals surface area contributed by atoms with Gasteiger partial charge in [0.2, 0.25) is 0 Å². The first kappa shape index (κ1) is 8.89. The maximum Gasteiger partial charge on any atom is 0.168 e. The highest BCUT2D eigenvalue weighted by atomic mass is 19.2. The Balaban J connectivity index is 2.41. The van der Waals surface area contributed by atoms with Crippen LogP contribution in [0.3, 0.4) is 0 Å². The summed E-state index contributed by atoms with van der Waals surface area (Å²) in [5, 5.41) is 0.414. The topological polar surface area (TPSA) is 4.93 Å². The zero-order valence-corrected chi connectivity index (χ0v) is 8.43. The molecule has 1 aliphatic heterocycles. The third-order valence-electron chi connectivity index (χ3n) is 3.09. The molecule has 0 unspecified atom stereocenters. The molecule has 78 valence electrons. The monoisotopic (exact) mass is 207 g/mol. The molecule has 0 saturated heterocycles. The molecule has 1 aromatic heterocycles. The number of hydrogen-bond acceptors (Lipinski definition) is 0. The predicted octanol–water partition coefficient (Wildman–Crippen LogP) is 3.11. The van der Waals surface area contributed by atoms with Gasteiger partial charge in [0.1, 0.15) is 0 Å². The van der Waals surface area contributed by atoms with Crippen molar-refractivity contribution >= 4 is 10.9 Å². The summed E-state index contributed by atoms with van der Waals surface area (Å²) < 4.78 is 28.7. The van der Waals surface area contributed by atoms with Crippen molar-refractivity contribution in [3.63, 3.8) is 0 Å². The predicted molar refractivity (Wildman–Crippen MR) is 54.7 cm³/mol. The maximum atomic E-state index is 13.5. The first-order valence-electron chi connectivity index (χ1n) is 5.12. The molecule has 3 heteroatoms. The van der Waals surface area contributed by atoms with Gasteiger partial charge in [-0.05, 0) is 30.0 Å². The molecule has 0 saturated carbocycles. The quantitative estimate of drug-likeness (QED) is 0.625. The van der Waals surface area contributed by atoms with Crippen LogP contribution >= 0.6 is 0 Å². The highest BCUT2D eigenvalue weighted by Crippen LogP contribution is 2.31. The zero-order valence-electron chi connectivity index (χ0n) is 8.43. The van der Waals surface area contributed by atoms with Crippen LogP contribution in [0.2, 0.25) is 0 Å². The van der Waals surface area contributed by atoms with Gasteiger partial charge in [0.15, 0.2) is 11.6 Å². The zero-order chi connectivity index (χ0) is 10.6. The van der Waals surface area contributed by atoms with Crippen molar-refractivity contribution in [1.82, 2.24) is 4.57 Å². The van der Waals surface area contributed by atoms with E-state index in [2.05, 4.69) is 6.92 Å². The standard InChI is InChI=1S/C12H11F2N/c1-7-4-8-5-10(13)11(14)9-2-3-15(6-7)12(8)9/h2-3,5,7H,4,6H2,1H3/t7-/m1/s1. The second kappa shape index (κ2) is 2.81. The van der Waals surface area contributed by atoms with E-state index >= 15 is 0 Å². The van der Waals surface area contributed by atoms with E-state index in [9.17, 15) is 8.78 Å². The van der Waals surface area contributed by atoms with Gasteiger partial charge in [0.05, 0.1) is 5.52 Å². The molecule has 1 atom stereocenters. The minimum absolute atomic E-state index is 0.414. The Bertz CT molecular complexity index is 542. The van der Waals surface area contributed by atoms with Crippen LogP contribution in [0.1, 0.15) is 12.5 Å². The fourth-order valence-corrected chi connectivity index (χ4v) is 2.50. The van der Waals surface area contributed by atoms with Crippen molar-refractivity contribution in [1.29, 1.82) is 0 Å². The summed E-state index contributed by atoms with van der Waals surface area (Å²) in [6, 6.07) is 3.00. The third kappa shape index (κ3) is 1.12. The Morgan fingerprint density at radius 3 is 3.00 bits per heavy atom. The largest absolute Gasteiger partial charge is 0.347 e. The van der Waals surface area contributed by atoms with Crippen molar-refractivity contribution in [2.45, 2.75) is 19.9 Å². The molecule has 1 nitrogen and oxygen atoms in total. The summed E-state index contributed by atoms with van der Waals surface area (Å²) in [7, 11) is 0. The third-order valence-corrected chi connectivity index (χ3v) is 3.09. The first-order chi connectivity index (χ1) is 7.16. The Morgan fingerprint density at radius 2 is 2.20 bits per heavy atom. The minimum atomic E-state index is -0.732. The lowest BCUT2D eigenvalue weighted by molar-refractivity contribution is 0.464. The molecule has 0 bridgehead atoms. The van der Waals surface area contributed by atoms with Gasteiger partial charge < -0.3 is 4.57 Å².